The zero-order chi connectivity index (χ0) is 18.8. The van der Waals surface area contributed by atoms with Crippen LogP contribution in [0.15, 0.2) is 12.4 Å². The summed E-state index contributed by atoms with van der Waals surface area (Å²) in [7, 11) is 0. The van der Waals surface area contributed by atoms with E-state index in [1.807, 2.05) is 4.90 Å². The quantitative estimate of drug-likeness (QED) is 0.810. The molecule has 1 unspecified atom stereocenters. The molecule has 0 radical (unpaired) electrons. The van der Waals surface area contributed by atoms with Gasteiger partial charge in [0.25, 0.3) is 11.8 Å². The minimum atomic E-state index is -0.163. The van der Waals surface area contributed by atoms with Crippen molar-refractivity contribution in [3.63, 3.8) is 0 Å². The number of piperidine rings is 2. The second-order valence-corrected chi connectivity index (χ2v) is 8.05. The molecule has 4 rings (SSSR count). The van der Waals surface area contributed by atoms with Gasteiger partial charge in [-0.2, -0.15) is 0 Å². The molecule has 1 aromatic heterocycles. The van der Waals surface area contributed by atoms with Gasteiger partial charge in [-0.05, 0) is 45.6 Å². The number of hydrogen-bond donors (Lipinski definition) is 0. The highest BCUT2D eigenvalue weighted by Gasteiger charge is 2.39. The van der Waals surface area contributed by atoms with E-state index in [1.54, 1.807) is 4.90 Å². The van der Waals surface area contributed by atoms with E-state index in [4.69, 9.17) is 0 Å². The minimum absolute atomic E-state index is 0.159. The molecule has 7 nitrogen and oxygen atoms in total. The molecule has 3 fully saturated rings. The number of carbonyl (C=O) groups is 2. The summed E-state index contributed by atoms with van der Waals surface area (Å²) >= 11 is 0. The monoisotopic (exact) mass is 371 g/mol. The lowest BCUT2D eigenvalue weighted by Crippen LogP contribution is -2.63. The van der Waals surface area contributed by atoms with Gasteiger partial charge in [-0.25, -0.2) is 9.97 Å². The van der Waals surface area contributed by atoms with Gasteiger partial charge in [-0.3, -0.25) is 14.5 Å². The van der Waals surface area contributed by atoms with Gasteiger partial charge in [0.05, 0.1) is 0 Å². The Bertz CT molecular complexity index is 697. The Balaban J connectivity index is 1.43. The lowest BCUT2D eigenvalue weighted by molar-refractivity contribution is 0.00166. The zero-order valence-electron chi connectivity index (χ0n) is 16.1. The summed E-state index contributed by atoms with van der Waals surface area (Å²) in [4.78, 5) is 40.4. The normalized spacial score (nSPS) is 24.6. The van der Waals surface area contributed by atoms with Crippen molar-refractivity contribution in [3.05, 3.63) is 23.8 Å². The van der Waals surface area contributed by atoms with Crippen LogP contribution in [0.4, 0.5) is 0 Å². The Labute approximate surface area is 160 Å². The van der Waals surface area contributed by atoms with Crippen LogP contribution >= 0.6 is 0 Å². The highest BCUT2D eigenvalue weighted by atomic mass is 16.2. The van der Waals surface area contributed by atoms with Gasteiger partial charge in [-0.1, -0.05) is 6.42 Å². The fraction of sp³-hybridized carbons (Fsp3) is 0.700. The van der Waals surface area contributed by atoms with Crippen molar-refractivity contribution < 1.29 is 9.59 Å². The summed E-state index contributed by atoms with van der Waals surface area (Å²) in [6, 6.07) is 1.02. The standard InChI is InChI=1S/C20H29N5O2/c1-15-7-3-6-12-25(15)16-13-24(14-16)20(27)18-17(21-8-9-22-18)19(26)23-10-4-2-5-11-23/h8-9,15-16H,2-7,10-14H2,1H3. The molecule has 0 aromatic carbocycles. The third-order valence-electron chi connectivity index (χ3n) is 6.22. The zero-order valence-corrected chi connectivity index (χ0v) is 16.1. The fourth-order valence-electron chi connectivity index (χ4n) is 4.54. The second-order valence-electron chi connectivity index (χ2n) is 8.05. The lowest BCUT2D eigenvalue weighted by Gasteiger charge is -2.49. The molecular formula is C20H29N5O2. The smallest absolute Gasteiger partial charge is 0.275 e. The molecule has 146 valence electrons. The number of rotatable bonds is 3. The maximum atomic E-state index is 13.0. The first kappa shape index (κ1) is 18.3. The van der Waals surface area contributed by atoms with Crippen LogP contribution in [0, 0.1) is 0 Å². The first-order valence-electron chi connectivity index (χ1n) is 10.3. The number of carbonyl (C=O) groups excluding carboxylic acids is 2. The van der Waals surface area contributed by atoms with Crippen LogP contribution in [0.5, 0.6) is 0 Å². The van der Waals surface area contributed by atoms with Gasteiger partial charge < -0.3 is 9.80 Å². The summed E-state index contributed by atoms with van der Waals surface area (Å²) < 4.78 is 0. The van der Waals surface area contributed by atoms with Crippen LogP contribution < -0.4 is 0 Å². The third-order valence-corrected chi connectivity index (χ3v) is 6.22. The van der Waals surface area contributed by atoms with E-state index in [0.717, 1.165) is 52.0 Å². The summed E-state index contributed by atoms with van der Waals surface area (Å²) in [6.45, 7) is 6.32. The summed E-state index contributed by atoms with van der Waals surface area (Å²) in [5.41, 5.74) is 0.414. The van der Waals surface area contributed by atoms with Gasteiger partial charge in [0.2, 0.25) is 0 Å². The molecule has 2 amide bonds. The Kier molecular flexibility index (Phi) is 5.38. The van der Waals surface area contributed by atoms with E-state index in [0.29, 0.717) is 12.1 Å². The minimum Gasteiger partial charge on any atom is -0.337 e. The van der Waals surface area contributed by atoms with Crippen LogP contribution in [0.1, 0.15) is 66.4 Å². The molecule has 0 aliphatic carbocycles. The summed E-state index contributed by atoms with van der Waals surface area (Å²) in [5, 5.41) is 0. The average molecular weight is 371 g/mol. The molecule has 1 atom stereocenters. The number of likely N-dealkylation sites (tertiary alicyclic amines) is 3. The van der Waals surface area contributed by atoms with Crippen molar-refractivity contribution in [2.24, 2.45) is 0 Å². The Hall–Kier alpha value is -2.02. The van der Waals surface area contributed by atoms with Crippen molar-refractivity contribution in [2.45, 2.75) is 57.5 Å². The van der Waals surface area contributed by atoms with Crippen LogP contribution in [0.3, 0.4) is 0 Å². The first-order valence-corrected chi connectivity index (χ1v) is 10.3. The van der Waals surface area contributed by atoms with Gasteiger partial charge in [0.1, 0.15) is 0 Å². The molecule has 3 aliphatic rings. The molecule has 0 bridgehead atoms. The molecule has 3 aliphatic heterocycles. The number of hydrogen-bond acceptors (Lipinski definition) is 5. The van der Waals surface area contributed by atoms with Gasteiger partial charge in [0.15, 0.2) is 11.4 Å². The molecule has 27 heavy (non-hydrogen) atoms. The molecule has 0 saturated carbocycles. The maximum absolute atomic E-state index is 13.0. The SMILES string of the molecule is CC1CCCCN1C1CN(C(=O)c2nccnc2C(=O)N2CCCCC2)C1. The molecule has 0 spiro atoms. The number of aromatic nitrogens is 2. The van der Waals surface area contributed by atoms with Crippen molar-refractivity contribution in [3.8, 4) is 0 Å². The average Bonchev–Trinajstić information content (AvgIpc) is 2.68. The van der Waals surface area contributed by atoms with Crippen molar-refractivity contribution in [1.29, 1.82) is 0 Å². The molecule has 7 heteroatoms. The number of amides is 2. The third kappa shape index (κ3) is 3.70. The van der Waals surface area contributed by atoms with E-state index < -0.39 is 0 Å². The van der Waals surface area contributed by atoms with Crippen molar-refractivity contribution >= 4 is 11.8 Å². The topological polar surface area (TPSA) is 69.6 Å². The van der Waals surface area contributed by atoms with Crippen molar-refractivity contribution in [1.82, 2.24) is 24.7 Å². The molecule has 4 heterocycles. The Morgan fingerprint density at radius 1 is 0.852 bits per heavy atom. The predicted molar refractivity (Wildman–Crippen MR) is 101 cm³/mol. The first-order chi connectivity index (χ1) is 13.1. The van der Waals surface area contributed by atoms with Crippen molar-refractivity contribution in [2.75, 3.05) is 32.7 Å². The Morgan fingerprint density at radius 2 is 1.44 bits per heavy atom. The summed E-state index contributed by atoms with van der Waals surface area (Å²) in [6.07, 6.45) is 9.96. The summed E-state index contributed by atoms with van der Waals surface area (Å²) in [5.74, 6) is -0.322. The molecule has 3 saturated heterocycles. The largest absolute Gasteiger partial charge is 0.337 e. The maximum Gasteiger partial charge on any atom is 0.275 e. The predicted octanol–water partition coefficient (Wildman–Crippen LogP) is 1.80. The van der Waals surface area contributed by atoms with Crippen LogP contribution in [0.2, 0.25) is 0 Å². The van der Waals surface area contributed by atoms with E-state index in [2.05, 4.69) is 21.8 Å². The van der Waals surface area contributed by atoms with Gasteiger partial charge in [-0.15, -0.1) is 0 Å². The number of nitrogens with zero attached hydrogens (tertiary/aromatic N) is 5. The lowest BCUT2D eigenvalue weighted by atomic mass is 9.97. The van der Waals surface area contributed by atoms with E-state index in [1.165, 1.54) is 31.7 Å². The van der Waals surface area contributed by atoms with Gasteiger partial charge in [0, 0.05) is 50.7 Å². The van der Waals surface area contributed by atoms with E-state index in [-0.39, 0.29) is 23.2 Å². The molecular weight excluding hydrogens is 342 g/mol. The van der Waals surface area contributed by atoms with Crippen LogP contribution in [-0.4, -0.2) is 81.3 Å². The van der Waals surface area contributed by atoms with Crippen LogP contribution in [-0.2, 0) is 0 Å². The molecule has 1 aromatic rings. The Morgan fingerprint density at radius 3 is 2.07 bits per heavy atom. The fourth-order valence-corrected chi connectivity index (χ4v) is 4.54. The van der Waals surface area contributed by atoms with E-state index in [9.17, 15) is 9.59 Å². The highest BCUT2D eigenvalue weighted by Crippen LogP contribution is 2.25. The highest BCUT2D eigenvalue weighted by molar-refractivity contribution is 6.04. The van der Waals surface area contributed by atoms with Gasteiger partial charge >= 0.3 is 0 Å². The van der Waals surface area contributed by atoms with Crippen LogP contribution in [0.25, 0.3) is 0 Å². The van der Waals surface area contributed by atoms with E-state index >= 15 is 0 Å². The second kappa shape index (κ2) is 7.92. The molecule has 0 N–H and O–H groups in total.